The number of carbonyl (C=O) groups excluding carboxylic acids is 1. The molecule has 0 saturated carbocycles. The standard InChI is InChI=1S/C13H18O5S/c1-8(14)19-7-10(15)13(16)9-4-5-11(17-2)12(6-9)18-3/h4-6,10,13,15-16H,7H2,1-3H3. The van der Waals surface area contributed by atoms with Gasteiger partial charge in [0.05, 0.1) is 20.3 Å². The Balaban J connectivity index is 2.81. The van der Waals surface area contributed by atoms with Crippen molar-refractivity contribution in [3.8, 4) is 11.5 Å². The van der Waals surface area contributed by atoms with Gasteiger partial charge in [0.1, 0.15) is 6.10 Å². The highest BCUT2D eigenvalue weighted by molar-refractivity contribution is 8.13. The van der Waals surface area contributed by atoms with Crippen LogP contribution >= 0.6 is 11.8 Å². The Morgan fingerprint density at radius 3 is 2.42 bits per heavy atom. The van der Waals surface area contributed by atoms with Gasteiger partial charge in [0.2, 0.25) is 0 Å². The number of hydrogen-bond donors (Lipinski definition) is 2. The van der Waals surface area contributed by atoms with Crippen LogP contribution in [0.2, 0.25) is 0 Å². The number of rotatable bonds is 6. The van der Waals surface area contributed by atoms with E-state index in [0.29, 0.717) is 17.1 Å². The van der Waals surface area contributed by atoms with E-state index in [9.17, 15) is 15.0 Å². The van der Waals surface area contributed by atoms with Gasteiger partial charge in [-0.25, -0.2) is 0 Å². The molecule has 0 aliphatic carbocycles. The Kier molecular flexibility index (Phi) is 6.14. The summed E-state index contributed by atoms with van der Waals surface area (Å²) in [6, 6.07) is 4.90. The summed E-state index contributed by atoms with van der Waals surface area (Å²) in [7, 11) is 3.02. The highest BCUT2D eigenvalue weighted by Crippen LogP contribution is 2.31. The lowest BCUT2D eigenvalue weighted by Gasteiger charge is -2.18. The van der Waals surface area contributed by atoms with Gasteiger partial charge in [-0.1, -0.05) is 17.8 Å². The third kappa shape index (κ3) is 4.41. The first-order chi connectivity index (χ1) is 8.99. The molecule has 0 aliphatic heterocycles. The maximum absolute atomic E-state index is 10.8. The first kappa shape index (κ1) is 15.8. The van der Waals surface area contributed by atoms with Crippen molar-refractivity contribution in [1.82, 2.24) is 0 Å². The second-order valence-corrected chi connectivity index (χ2v) is 5.13. The number of hydrogen-bond acceptors (Lipinski definition) is 6. The van der Waals surface area contributed by atoms with Crippen molar-refractivity contribution in [1.29, 1.82) is 0 Å². The van der Waals surface area contributed by atoms with Gasteiger partial charge in [0.25, 0.3) is 0 Å². The molecule has 1 aromatic rings. The molecule has 2 atom stereocenters. The minimum Gasteiger partial charge on any atom is -0.493 e. The first-order valence-corrected chi connectivity index (χ1v) is 6.69. The quantitative estimate of drug-likeness (QED) is 0.823. The van der Waals surface area contributed by atoms with Gasteiger partial charge in [-0.2, -0.15) is 0 Å². The number of aliphatic hydroxyl groups excluding tert-OH is 2. The molecule has 106 valence electrons. The molecule has 0 saturated heterocycles. The van der Waals surface area contributed by atoms with E-state index < -0.39 is 12.2 Å². The predicted octanol–water partition coefficient (Wildman–Crippen LogP) is 1.38. The van der Waals surface area contributed by atoms with E-state index >= 15 is 0 Å². The number of aliphatic hydroxyl groups is 2. The summed E-state index contributed by atoms with van der Waals surface area (Å²) in [5, 5.41) is 19.7. The smallest absolute Gasteiger partial charge is 0.185 e. The summed E-state index contributed by atoms with van der Waals surface area (Å²) >= 11 is 0.975. The zero-order chi connectivity index (χ0) is 14.4. The molecular weight excluding hydrogens is 268 g/mol. The number of benzene rings is 1. The van der Waals surface area contributed by atoms with Gasteiger partial charge in [-0.15, -0.1) is 0 Å². The van der Waals surface area contributed by atoms with Gasteiger partial charge in [0.15, 0.2) is 16.6 Å². The van der Waals surface area contributed by atoms with Crippen molar-refractivity contribution >= 4 is 16.9 Å². The summed E-state index contributed by atoms with van der Waals surface area (Å²) in [6.45, 7) is 1.42. The topological polar surface area (TPSA) is 76.0 Å². The van der Waals surface area contributed by atoms with Crippen LogP contribution in [-0.4, -0.2) is 41.4 Å². The summed E-state index contributed by atoms with van der Waals surface area (Å²) in [5.41, 5.74) is 0.509. The van der Waals surface area contributed by atoms with Crippen LogP contribution in [0.15, 0.2) is 18.2 Å². The summed E-state index contributed by atoms with van der Waals surface area (Å²) in [4.78, 5) is 10.8. The Labute approximate surface area is 116 Å². The molecule has 1 aromatic carbocycles. The van der Waals surface area contributed by atoms with E-state index in [4.69, 9.17) is 9.47 Å². The Morgan fingerprint density at radius 1 is 1.26 bits per heavy atom. The van der Waals surface area contributed by atoms with Crippen LogP contribution in [0.25, 0.3) is 0 Å². The molecule has 19 heavy (non-hydrogen) atoms. The summed E-state index contributed by atoms with van der Waals surface area (Å²) in [5.74, 6) is 1.17. The number of carbonyl (C=O) groups is 1. The normalized spacial score (nSPS) is 13.7. The largest absolute Gasteiger partial charge is 0.493 e. The van der Waals surface area contributed by atoms with Gasteiger partial charge < -0.3 is 19.7 Å². The highest BCUT2D eigenvalue weighted by atomic mass is 32.2. The van der Waals surface area contributed by atoms with Crippen LogP contribution in [0, 0.1) is 0 Å². The van der Waals surface area contributed by atoms with Crippen LogP contribution in [-0.2, 0) is 4.79 Å². The maximum Gasteiger partial charge on any atom is 0.185 e. The van der Waals surface area contributed by atoms with Crippen molar-refractivity contribution in [3.05, 3.63) is 23.8 Å². The molecule has 0 spiro atoms. The van der Waals surface area contributed by atoms with Crippen LogP contribution in [0.1, 0.15) is 18.6 Å². The fourth-order valence-electron chi connectivity index (χ4n) is 1.55. The van der Waals surface area contributed by atoms with Gasteiger partial charge in [-0.05, 0) is 17.7 Å². The van der Waals surface area contributed by atoms with Crippen molar-refractivity contribution in [2.24, 2.45) is 0 Å². The molecule has 0 aliphatic rings. The molecule has 0 heterocycles. The Morgan fingerprint density at radius 2 is 1.89 bits per heavy atom. The lowest BCUT2D eigenvalue weighted by molar-refractivity contribution is -0.109. The fourth-order valence-corrected chi connectivity index (χ4v) is 2.14. The van der Waals surface area contributed by atoms with Crippen LogP contribution < -0.4 is 9.47 Å². The lowest BCUT2D eigenvalue weighted by Crippen LogP contribution is -2.21. The third-order valence-electron chi connectivity index (χ3n) is 2.57. The third-order valence-corrected chi connectivity index (χ3v) is 3.49. The predicted molar refractivity (Wildman–Crippen MR) is 73.7 cm³/mol. The average Bonchev–Trinajstić information content (AvgIpc) is 2.42. The molecule has 5 nitrogen and oxygen atoms in total. The van der Waals surface area contributed by atoms with Crippen LogP contribution in [0.4, 0.5) is 0 Å². The monoisotopic (exact) mass is 286 g/mol. The molecule has 6 heteroatoms. The average molecular weight is 286 g/mol. The van der Waals surface area contributed by atoms with E-state index in [0.717, 1.165) is 11.8 Å². The summed E-state index contributed by atoms with van der Waals surface area (Å²) < 4.78 is 10.2. The van der Waals surface area contributed by atoms with Gasteiger partial charge in [0, 0.05) is 12.7 Å². The molecule has 2 N–H and O–H groups in total. The molecular formula is C13H18O5S. The minimum absolute atomic E-state index is 0.0986. The Hall–Kier alpha value is -1.24. The van der Waals surface area contributed by atoms with E-state index in [2.05, 4.69) is 0 Å². The summed E-state index contributed by atoms with van der Waals surface area (Å²) in [6.07, 6.45) is -2.10. The van der Waals surface area contributed by atoms with Crippen molar-refractivity contribution in [2.45, 2.75) is 19.1 Å². The van der Waals surface area contributed by atoms with Crippen LogP contribution in [0.3, 0.4) is 0 Å². The highest BCUT2D eigenvalue weighted by Gasteiger charge is 2.20. The number of thioether (sulfide) groups is 1. The lowest BCUT2D eigenvalue weighted by atomic mass is 10.0. The molecule has 1 rings (SSSR count). The molecule has 0 aromatic heterocycles. The Bertz CT molecular complexity index is 435. The van der Waals surface area contributed by atoms with E-state index in [1.165, 1.54) is 21.1 Å². The molecule has 0 amide bonds. The zero-order valence-electron chi connectivity index (χ0n) is 11.1. The van der Waals surface area contributed by atoms with Gasteiger partial charge in [-0.3, -0.25) is 4.79 Å². The second-order valence-electron chi connectivity index (χ2n) is 3.93. The molecule has 0 radical (unpaired) electrons. The maximum atomic E-state index is 10.8. The number of methoxy groups -OCH3 is 2. The molecule has 0 fully saturated rings. The van der Waals surface area contributed by atoms with E-state index in [1.807, 2.05) is 0 Å². The van der Waals surface area contributed by atoms with Crippen LogP contribution in [0.5, 0.6) is 11.5 Å². The number of ether oxygens (including phenoxy) is 2. The first-order valence-electron chi connectivity index (χ1n) is 5.71. The van der Waals surface area contributed by atoms with Crippen molar-refractivity contribution in [3.63, 3.8) is 0 Å². The van der Waals surface area contributed by atoms with Gasteiger partial charge >= 0.3 is 0 Å². The molecule has 2 unspecified atom stereocenters. The van der Waals surface area contributed by atoms with Crippen molar-refractivity contribution in [2.75, 3.05) is 20.0 Å². The fraction of sp³-hybridized carbons (Fsp3) is 0.462. The SMILES string of the molecule is COc1ccc(C(O)C(O)CSC(C)=O)cc1OC. The van der Waals surface area contributed by atoms with Crippen molar-refractivity contribution < 1.29 is 24.5 Å². The zero-order valence-corrected chi connectivity index (χ0v) is 11.9. The second kappa shape index (κ2) is 7.37. The van der Waals surface area contributed by atoms with E-state index in [1.54, 1.807) is 18.2 Å². The molecule has 0 bridgehead atoms. The van der Waals surface area contributed by atoms with E-state index in [-0.39, 0.29) is 10.9 Å². The minimum atomic E-state index is -1.08.